The molecule has 21 heavy (non-hydrogen) atoms. The number of carbonyl (C=O) groups excluding carboxylic acids is 1. The summed E-state index contributed by atoms with van der Waals surface area (Å²) in [6.45, 7) is 6.48. The van der Waals surface area contributed by atoms with Crippen LogP contribution in [0.15, 0.2) is 10.6 Å². The highest BCUT2D eigenvalue weighted by Crippen LogP contribution is 2.25. The van der Waals surface area contributed by atoms with Crippen LogP contribution in [0.4, 0.5) is 0 Å². The molecular weight excluding hydrogens is 292 g/mol. The third-order valence-corrected chi connectivity index (χ3v) is 4.46. The molecule has 0 aromatic carbocycles. The molecule has 1 fully saturated rings. The fraction of sp³-hybridized carbons (Fsp3) is 0.643. The van der Waals surface area contributed by atoms with Gasteiger partial charge < -0.3 is 14.5 Å². The number of aliphatic carboxylic acids is 1. The van der Waals surface area contributed by atoms with Gasteiger partial charge in [-0.3, -0.25) is 9.59 Å². The molecule has 0 saturated carbocycles. The number of thioether (sulfide) groups is 1. The van der Waals surface area contributed by atoms with Crippen molar-refractivity contribution >= 4 is 23.6 Å². The second kappa shape index (κ2) is 6.09. The van der Waals surface area contributed by atoms with E-state index in [0.29, 0.717) is 18.1 Å². The average molecular weight is 312 g/mol. The number of amides is 1. The number of carbonyl (C=O) groups is 2. The highest BCUT2D eigenvalue weighted by atomic mass is 32.2. The van der Waals surface area contributed by atoms with E-state index in [9.17, 15) is 9.59 Å². The molecule has 0 bridgehead atoms. The minimum Gasteiger partial charge on any atom is -0.481 e. The summed E-state index contributed by atoms with van der Waals surface area (Å²) in [6.07, 6.45) is -0.0390. The molecule has 1 saturated heterocycles. The van der Waals surface area contributed by atoms with Gasteiger partial charge in [-0.1, -0.05) is 25.9 Å². The third kappa shape index (κ3) is 3.78. The van der Waals surface area contributed by atoms with Gasteiger partial charge in [-0.15, -0.1) is 0 Å². The van der Waals surface area contributed by atoms with Crippen LogP contribution in [0.3, 0.4) is 0 Å². The molecule has 116 valence electrons. The van der Waals surface area contributed by atoms with E-state index in [2.05, 4.69) is 5.16 Å². The fourth-order valence-electron chi connectivity index (χ4n) is 2.17. The largest absolute Gasteiger partial charge is 0.481 e. The summed E-state index contributed by atoms with van der Waals surface area (Å²) in [6, 6.07) is 1.37. The lowest BCUT2D eigenvalue weighted by atomic mass is 9.93. The number of carboxylic acids is 1. The van der Waals surface area contributed by atoms with E-state index >= 15 is 0 Å². The predicted octanol–water partition coefficient (Wildman–Crippen LogP) is 2.00. The Labute approximate surface area is 127 Å². The van der Waals surface area contributed by atoms with Gasteiger partial charge >= 0.3 is 5.97 Å². The molecule has 7 heteroatoms. The lowest BCUT2D eigenvalue weighted by Crippen LogP contribution is -2.47. The fourth-order valence-corrected chi connectivity index (χ4v) is 3.23. The van der Waals surface area contributed by atoms with E-state index in [1.54, 1.807) is 22.7 Å². The second-order valence-corrected chi connectivity index (χ2v) is 7.30. The molecule has 1 aliphatic heterocycles. The summed E-state index contributed by atoms with van der Waals surface area (Å²) >= 11 is 1.67. The number of aromatic nitrogens is 1. The van der Waals surface area contributed by atoms with Crippen LogP contribution in [-0.4, -0.2) is 51.1 Å². The smallest absolute Gasteiger partial charge is 0.305 e. The monoisotopic (exact) mass is 312 g/mol. The Balaban J connectivity index is 2.17. The quantitative estimate of drug-likeness (QED) is 0.919. The SMILES string of the molecule is CC(C)(C)c1cc(C(=O)N2CCSCC2CC(=O)O)no1. The summed E-state index contributed by atoms with van der Waals surface area (Å²) < 4.78 is 5.24. The zero-order valence-corrected chi connectivity index (χ0v) is 13.3. The lowest BCUT2D eigenvalue weighted by Gasteiger charge is -2.34. The molecule has 1 aromatic rings. The van der Waals surface area contributed by atoms with Crippen molar-refractivity contribution in [3.05, 3.63) is 17.5 Å². The molecule has 0 radical (unpaired) electrons. The van der Waals surface area contributed by atoms with E-state index in [1.165, 1.54) is 0 Å². The van der Waals surface area contributed by atoms with Gasteiger partial charge in [0.25, 0.3) is 5.91 Å². The highest BCUT2D eigenvalue weighted by molar-refractivity contribution is 7.99. The Kier molecular flexibility index (Phi) is 4.61. The van der Waals surface area contributed by atoms with Crippen molar-refractivity contribution in [1.29, 1.82) is 0 Å². The van der Waals surface area contributed by atoms with Crippen molar-refractivity contribution in [1.82, 2.24) is 10.1 Å². The predicted molar refractivity (Wildman–Crippen MR) is 79.6 cm³/mol. The average Bonchev–Trinajstić information content (AvgIpc) is 2.87. The molecule has 1 amide bonds. The Morgan fingerprint density at radius 1 is 1.52 bits per heavy atom. The summed E-state index contributed by atoms with van der Waals surface area (Å²) in [5.41, 5.74) is 0.0335. The van der Waals surface area contributed by atoms with Crippen LogP contribution >= 0.6 is 11.8 Å². The molecule has 0 spiro atoms. The first kappa shape index (κ1) is 15.9. The maximum Gasteiger partial charge on any atom is 0.305 e. The number of hydrogen-bond acceptors (Lipinski definition) is 5. The maximum atomic E-state index is 12.5. The Hall–Kier alpha value is -1.50. The van der Waals surface area contributed by atoms with Crippen molar-refractivity contribution in [2.24, 2.45) is 0 Å². The van der Waals surface area contributed by atoms with Crippen LogP contribution < -0.4 is 0 Å². The van der Waals surface area contributed by atoms with E-state index < -0.39 is 5.97 Å². The normalized spacial score (nSPS) is 19.6. The number of nitrogens with zero attached hydrogens (tertiary/aromatic N) is 2. The van der Waals surface area contributed by atoms with E-state index in [-0.39, 0.29) is 29.5 Å². The van der Waals surface area contributed by atoms with Gasteiger partial charge in [0.1, 0.15) is 5.76 Å². The summed E-state index contributed by atoms with van der Waals surface area (Å²) in [7, 11) is 0. The topological polar surface area (TPSA) is 83.6 Å². The Morgan fingerprint density at radius 2 is 2.24 bits per heavy atom. The first-order valence-corrected chi connectivity index (χ1v) is 8.02. The first-order valence-electron chi connectivity index (χ1n) is 6.86. The van der Waals surface area contributed by atoms with Gasteiger partial charge in [-0.2, -0.15) is 11.8 Å². The minimum absolute atomic E-state index is 0.0390. The van der Waals surface area contributed by atoms with Crippen molar-refractivity contribution in [3.8, 4) is 0 Å². The van der Waals surface area contributed by atoms with Gasteiger partial charge in [0.05, 0.1) is 12.5 Å². The summed E-state index contributed by atoms with van der Waals surface area (Å²) in [5, 5.41) is 12.8. The minimum atomic E-state index is -0.893. The van der Waals surface area contributed by atoms with E-state index in [4.69, 9.17) is 9.63 Å². The molecular formula is C14H20N2O4S. The molecule has 2 rings (SSSR count). The van der Waals surface area contributed by atoms with Crippen LogP contribution in [-0.2, 0) is 10.2 Å². The van der Waals surface area contributed by atoms with Crippen LogP contribution in [0.5, 0.6) is 0 Å². The maximum absolute atomic E-state index is 12.5. The number of carboxylic acid groups (broad SMARTS) is 1. The van der Waals surface area contributed by atoms with Crippen LogP contribution in [0.1, 0.15) is 43.4 Å². The van der Waals surface area contributed by atoms with Gasteiger partial charge in [-0.25, -0.2) is 0 Å². The molecule has 1 unspecified atom stereocenters. The Morgan fingerprint density at radius 3 is 2.81 bits per heavy atom. The molecule has 1 aliphatic rings. The van der Waals surface area contributed by atoms with E-state index in [1.807, 2.05) is 20.8 Å². The molecule has 0 aliphatic carbocycles. The zero-order valence-electron chi connectivity index (χ0n) is 12.5. The van der Waals surface area contributed by atoms with Gasteiger partial charge in [0.15, 0.2) is 5.69 Å². The number of rotatable bonds is 3. The second-order valence-electron chi connectivity index (χ2n) is 6.15. The molecule has 6 nitrogen and oxygen atoms in total. The molecule has 1 atom stereocenters. The molecule has 1 aromatic heterocycles. The van der Waals surface area contributed by atoms with Crippen molar-refractivity contribution in [2.45, 2.75) is 38.6 Å². The van der Waals surface area contributed by atoms with Crippen LogP contribution in [0, 0.1) is 0 Å². The van der Waals surface area contributed by atoms with Gasteiger partial charge in [-0.05, 0) is 0 Å². The van der Waals surface area contributed by atoms with E-state index in [0.717, 1.165) is 5.75 Å². The number of hydrogen-bond donors (Lipinski definition) is 1. The third-order valence-electron chi connectivity index (χ3n) is 3.37. The zero-order chi connectivity index (χ0) is 15.6. The van der Waals surface area contributed by atoms with Crippen molar-refractivity contribution in [2.75, 3.05) is 18.1 Å². The van der Waals surface area contributed by atoms with Crippen LogP contribution in [0.25, 0.3) is 0 Å². The molecule has 1 N–H and O–H groups in total. The van der Waals surface area contributed by atoms with Gasteiger partial charge in [0.2, 0.25) is 0 Å². The van der Waals surface area contributed by atoms with Crippen molar-refractivity contribution < 1.29 is 19.2 Å². The van der Waals surface area contributed by atoms with Crippen LogP contribution in [0.2, 0.25) is 0 Å². The summed E-state index contributed by atoms with van der Waals surface area (Å²) in [5.74, 6) is 0.956. The highest BCUT2D eigenvalue weighted by Gasteiger charge is 2.32. The van der Waals surface area contributed by atoms with Crippen molar-refractivity contribution in [3.63, 3.8) is 0 Å². The standard InChI is InChI=1S/C14H20N2O4S/c1-14(2,3)11-7-10(15-20-11)13(19)16-4-5-21-8-9(16)6-12(17)18/h7,9H,4-6,8H2,1-3H3,(H,17,18). The summed E-state index contributed by atoms with van der Waals surface area (Å²) in [4.78, 5) is 25.1. The Bertz CT molecular complexity index is 535. The first-order chi connectivity index (χ1) is 9.79. The van der Waals surface area contributed by atoms with Gasteiger partial charge in [0, 0.05) is 29.5 Å². The lowest BCUT2D eigenvalue weighted by molar-refractivity contribution is -0.138. The molecule has 2 heterocycles.